The van der Waals surface area contributed by atoms with E-state index in [9.17, 15) is 9.59 Å². The third-order valence-corrected chi connectivity index (χ3v) is 4.63. The molecule has 0 heterocycles. The van der Waals surface area contributed by atoms with Gasteiger partial charge in [0.2, 0.25) is 0 Å². The highest BCUT2D eigenvalue weighted by molar-refractivity contribution is 6.14. The van der Waals surface area contributed by atoms with Gasteiger partial charge in [-0.1, -0.05) is 26.2 Å². The number of nitrogens with two attached hydrogens (primary N) is 1. The average Bonchev–Trinajstić information content (AvgIpc) is 2.56. The van der Waals surface area contributed by atoms with Gasteiger partial charge in [-0.15, -0.1) is 0 Å². The molecule has 0 aromatic rings. The van der Waals surface area contributed by atoms with E-state index in [1.807, 2.05) is 6.92 Å². The Labute approximate surface area is 103 Å². The van der Waals surface area contributed by atoms with Crippen molar-refractivity contribution >= 4 is 11.6 Å². The molecular formula is C14H23NO2. The molecule has 96 valence electrons. The number of carbonyl (C=O) groups is 2. The van der Waals surface area contributed by atoms with E-state index in [1.165, 1.54) is 6.42 Å². The monoisotopic (exact) mass is 237 g/mol. The zero-order chi connectivity index (χ0) is 12.5. The van der Waals surface area contributed by atoms with Crippen molar-refractivity contribution in [2.75, 3.05) is 0 Å². The van der Waals surface area contributed by atoms with Gasteiger partial charge in [0.05, 0.1) is 5.41 Å². The molecule has 17 heavy (non-hydrogen) atoms. The number of carbonyl (C=O) groups excluding carboxylic acids is 2. The van der Waals surface area contributed by atoms with Crippen LogP contribution in [0.5, 0.6) is 0 Å². The van der Waals surface area contributed by atoms with Gasteiger partial charge >= 0.3 is 0 Å². The quantitative estimate of drug-likeness (QED) is 0.766. The molecule has 2 aliphatic rings. The molecule has 3 heteroatoms. The summed E-state index contributed by atoms with van der Waals surface area (Å²) in [6.45, 7) is 2.03. The molecule has 2 unspecified atom stereocenters. The Morgan fingerprint density at radius 3 is 2.53 bits per heavy atom. The Balaban J connectivity index is 2.10. The summed E-state index contributed by atoms with van der Waals surface area (Å²) in [5.41, 5.74) is 5.33. The zero-order valence-corrected chi connectivity index (χ0v) is 10.7. The Bertz CT molecular complexity index is 318. The molecular weight excluding hydrogens is 214 g/mol. The van der Waals surface area contributed by atoms with Gasteiger partial charge in [0, 0.05) is 18.4 Å². The predicted molar refractivity (Wildman–Crippen MR) is 66.5 cm³/mol. The van der Waals surface area contributed by atoms with Crippen molar-refractivity contribution in [1.82, 2.24) is 0 Å². The lowest BCUT2D eigenvalue weighted by Crippen LogP contribution is -2.37. The normalized spacial score (nSPS) is 29.9. The molecule has 0 aromatic carbocycles. The molecule has 0 amide bonds. The summed E-state index contributed by atoms with van der Waals surface area (Å²) in [6.07, 6.45) is 6.85. The molecule has 2 atom stereocenters. The maximum Gasteiger partial charge on any atom is 0.149 e. The highest BCUT2D eigenvalue weighted by atomic mass is 16.2. The van der Waals surface area contributed by atoms with Crippen LogP contribution in [0.15, 0.2) is 0 Å². The Morgan fingerprint density at radius 2 is 1.94 bits per heavy atom. The molecule has 3 nitrogen and oxygen atoms in total. The summed E-state index contributed by atoms with van der Waals surface area (Å²) in [7, 11) is 0. The van der Waals surface area contributed by atoms with Gasteiger partial charge in [-0.3, -0.25) is 9.59 Å². The van der Waals surface area contributed by atoms with Crippen LogP contribution in [-0.4, -0.2) is 17.6 Å². The number of hydrogen-bond donors (Lipinski definition) is 1. The molecule has 0 bridgehead atoms. The highest BCUT2D eigenvalue weighted by Gasteiger charge is 2.53. The van der Waals surface area contributed by atoms with Gasteiger partial charge in [0.15, 0.2) is 0 Å². The first kappa shape index (κ1) is 12.7. The number of rotatable bonds is 3. The average molecular weight is 237 g/mol. The van der Waals surface area contributed by atoms with E-state index in [0.29, 0.717) is 12.8 Å². The van der Waals surface area contributed by atoms with Crippen LogP contribution < -0.4 is 5.73 Å². The standard InChI is InChI=1S/C14H23NO2/c1-2-11(15)8-10-9-12(16)14(13(10)17)6-4-3-5-7-14/h10-11H,2-9,15H2,1H3. The van der Waals surface area contributed by atoms with Crippen LogP contribution in [0.4, 0.5) is 0 Å². The van der Waals surface area contributed by atoms with E-state index >= 15 is 0 Å². The summed E-state index contributed by atoms with van der Waals surface area (Å²) in [5, 5.41) is 0. The topological polar surface area (TPSA) is 60.2 Å². The minimum absolute atomic E-state index is 0.0653. The SMILES string of the molecule is CCC(N)CC1CC(=O)C2(CCCCC2)C1=O. The van der Waals surface area contributed by atoms with Crippen LogP contribution >= 0.6 is 0 Å². The van der Waals surface area contributed by atoms with E-state index < -0.39 is 5.41 Å². The van der Waals surface area contributed by atoms with Crippen LogP contribution in [0.3, 0.4) is 0 Å². The smallest absolute Gasteiger partial charge is 0.149 e. The van der Waals surface area contributed by atoms with Crippen LogP contribution in [-0.2, 0) is 9.59 Å². The fourth-order valence-corrected chi connectivity index (χ4v) is 3.44. The van der Waals surface area contributed by atoms with Crippen molar-refractivity contribution in [3.8, 4) is 0 Å². The third-order valence-electron chi connectivity index (χ3n) is 4.63. The van der Waals surface area contributed by atoms with Gasteiger partial charge in [-0.25, -0.2) is 0 Å². The molecule has 1 spiro atoms. The van der Waals surface area contributed by atoms with Gasteiger partial charge in [0.1, 0.15) is 11.6 Å². The maximum absolute atomic E-state index is 12.5. The minimum Gasteiger partial charge on any atom is -0.328 e. The van der Waals surface area contributed by atoms with Crippen LogP contribution in [0.25, 0.3) is 0 Å². The summed E-state index contributed by atoms with van der Waals surface area (Å²) in [5.74, 6) is 0.331. The molecule has 2 aliphatic carbocycles. The van der Waals surface area contributed by atoms with Crippen molar-refractivity contribution in [1.29, 1.82) is 0 Å². The molecule has 2 fully saturated rings. The largest absolute Gasteiger partial charge is 0.328 e. The second kappa shape index (κ2) is 4.89. The first-order valence-electron chi connectivity index (χ1n) is 6.93. The number of hydrogen-bond acceptors (Lipinski definition) is 3. The van der Waals surface area contributed by atoms with Crippen molar-refractivity contribution in [2.24, 2.45) is 17.1 Å². The second-order valence-corrected chi connectivity index (χ2v) is 5.74. The molecule has 2 rings (SSSR count). The van der Waals surface area contributed by atoms with Gasteiger partial charge in [-0.05, 0) is 25.7 Å². The third kappa shape index (κ3) is 2.17. The predicted octanol–water partition coefficient (Wildman–Crippen LogP) is 2.22. The molecule has 0 saturated heterocycles. The van der Waals surface area contributed by atoms with E-state index in [4.69, 9.17) is 5.73 Å². The molecule has 2 N–H and O–H groups in total. The second-order valence-electron chi connectivity index (χ2n) is 5.74. The number of Topliss-reactive ketones (excluding diaryl/α,β-unsaturated/α-hetero) is 2. The fourth-order valence-electron chi connectivity index (χ4n) is 3.44. The van der Waals surface area contributed by atoms with Crippen LogP contribution in [0.2, 0.25) is 0 Å². The lowest BCUT2D eigenvalue weighted by Gasteiger charge is -2.30. The summed E-state index contributed by atoms with van der Waals surface area (Å²) < 4.78 is 0. The minimum atomic E-state index is -0.587. The summed E-state index contributed by atoms with van der Waals surface area (Å²) >= 11 is 0. The van der Waals surface area contributed by atoms with Crippen molar-refractivity contribution in [2.45, 2.75) is 64.3 Å². The van der Waals surface area contributed by atoms with E-state index in [-0.39, 0.29) is 23.5 Å². The zero-order valence-electron chi connectivity index (χ0n) is 10.7. The van der Waals surface area contributed by atoms with Crippen molar-refractivity contribution < 1.29 is 9.59 Å². The number of ketones is 2. The highest BCUT2D eigenvalue weighted by Crippen LogP contribution is 2.47. The van der Waals surface area contributed by atoms with E-state index in [2.05, 4.69) is 0 Å². The van der Waals surface area contributed by atoms with E-state index in [0.717, 1.165) is 32.1 Å². The van der Waals surface area contributed by atoms with Gasteiger partial charge in [-0.2, -0.15) is 0 Å². The molecule has 0 aromatic heterocycles. The summed E-state index contributed by atoms with van der Waals surface area (Å²) in [6, 6.07) is 0.0653. The summed E-state index contributed by atoms with van der Waals surface area (Å²) in [4.78, 5) is 24.6. The fraction of sp³-hybridized carbons (Fsp3) is 0.857. The molecule has 0 aliphatic heterocycles. The first-order valence-corrected chi connectivity index (χ1v) is 6.93. The van der Waals surface area contributed by atoms with Crippen molar-refractivity contribution in [3.63, 3.8) is 0 Å². The van der Waals surface area contributed by atoms with Crippen molar-refractivity contribution in [3.05, 3.63) is 0 Å². The molecule has 0 radical (unpaired) electrons. The first-order chi connectivity index (χ1) is 8.10. The lowest BCUT2D eigenvalue weighted by atomic mass is 9.71. The van der Waals surface area contributed by atoms with Gasteiger partial charge in [0.25, 0.3) is 0 Å². The van der Waals surface area contributed by atoms with Crippen LogP contribution in [0, 0.1) is 11.3 Å². The lowest BCUT2D eigenvalue weighted by molar-refractivity contribution is -0.138. The van der Waals surface area contributed by atoms with E-state index in [1.54, 1.807) is 0 Å². The maximum atomic E-state index is 12.5. The Kier molecular flexibility index (Phi) is 3.67. The molecule has 2 saturated carbocycles. The van der Waals surface area contributed by atoms with Crippen LogP contribution in [0.1, 0.15) is 58.3 Å². The Morgan fingerprint density at radius 1 is 1.29 bits per heavy atom. The van der Waals surface area contributed by atoms with Gasteiger partial charge < -0.3 is 5.73 Å². The Hall–Kier alpha value is -0.700.